The van der Waals surface area contributed by atoms with Crippen LogP contribution in [0.15, 0.2) is 161 Å². The Balaban J connectivity index is 0.000000297. The van der Waals surface area contributed by atoms with E-state index in [2.05, 4.69) is 78.0 Å². The van der Waals surface area contributed by atoms with Gasteiger partial charge >= 0.3 is 23.9 Å². The minimum absolute atomic E-state index is 0.0644. The van der Waals surface area contributed by atoms with Gasteiger partial charge in [0.15, 0.2) is 0 Å². The van der Waals surface area contributed by atoms with E-state index >= 15 is 0 Å². The highest BCUT2D eigenvalue weighted by Crippen LogP contribution is 2.38. The third-order valence-electron chi connectivity index (χ3n) is 12.6. The van der Waals surface area contributed by atoms with Gasteiger partial charge in [0.1, 0.15) is 50.3 Å². The first-order valence-corrected chi connectivity index (χ1v) is 26.0. The van der Waals surface area contributed by atoms with Gasteiger partial charge in [-0.2, -0.15) is 0 Å². The van der Waals surface area contributed by atoms with Crippen LogP contribution in [0.3, 0.4) is 0 Å². The van der Waals surface area contributed by atoms with Crippen LogP contribution in [0.1, 0.15) is 119 Å². The number of benzene rings is 3. The number of allylic oxidation sites excluding steroid dienone is 12. The van der Waals surface area contributed by atoms with Gasteiger partial charge in [-0.25, -0.2) is 0 Å². The summed E-state index contributed by atoms with van der Waals surface area (Å²) in [5.74, 6) is -0.822. The maximum absolute atomic E-state index is 13.2. The molecule has 3 aliphatic rings. The highest BCUT2D eigenvalue weighted by Gasteiger charge is 2.45. The predicted molar refractivity (Wildman–Crippen MR) is 288 cm³/mol. The van der Waals surface area contributed by atoms with Crippen molar-refractivity contribution in [3.63, 3.8) is 0 Å². The molecule has 0 radical (unpaired) electrons. The van der Waals surface area contributed by atoms with Crippen molar-refractivity contribution in [2.45, 2.75) is 119 Å². The molecule has 0 aromatic heterocycles. The summed E-state index contributed by atoms with van der Waals surface area (Å²) in [6.45, 7) is 14.0. The van der Waals surface area contributed by atoms with E-state index in [-0.39, 0.29) is 62.8 Å². The fourth-order valence-corrected chi connectivity index (χ4v) is 8.53. The van der Waals surface area contributed by atoms with E-state index in [1.807, 2.05) is 91.0 Å². The van der Waals surface area contributed by atoms with Crippen LogP contribution in [0, 0.1) is 23.7 Å². The van der Waals surface area contributed by atoms with Crippen molar-refractivity contribution in [2.24, 2.45) is 23.7 Å². The lowest BCUT2D eigenvalue weighted by Gasteiger charge is -2.28. The summed E-state index contributed by atoms with van der Waals surface area (Å²) >= 11 is 0. The van der Waals surface area contributed by atoms with Gasteiger partial charge in [-0.1, -0.05) is 124 Å². The predicted octanol–water partition coefficient (Wildman–Crippen LogP) is 13.2. The van der Waals surface area contributed by atoms with Crippen molar-refractivity contribution < 1.29 is 52.7 Å². The van der Waals surface area contributed by atoms with E-state index in [4.69, 9.17) is 33.5 Å². The Morgan fingerprint density at radius 3 is 1.41 bits per heavy atom. The van der Waals surface area contributed by atoms with Crippen LogP contribution in [0.2, 0.25) is 0 Å². The maximum Gasteiger partial charge on any atom is 0.317 e. The number of hydrogen-bond donors (Lipinski definition) is 1. The van der Waals surface area contributed by atoms with Crippen molar-refractivity contribution in [3.05, 3.63) is 161 Å². The average Bonchev–Trinajstić information content (AvgIpc) is 3.67. The fourth-order valence-electron chi connectivity index (χ4n) is 8.53. The number of fused-ring (bicyclic) bond motifs is 1. The van der Waals surface area contributed by atoms with Gasteiger partial charge < -0.3 is 33.5 Å². The molecule has 1 saturated heterocycles. The van der Waals surface area contributed by atoms with E-state index in [0.717, 1.165) is 62.9 Å². The van der Waals surface area contributed by atoms with Gasteiger partial charge in [0, 0.05) is 0 Å². The molecule has 1 heterocycles. The molecule has 6 rings (SSSR count). The molecular formula is C62H80O11. The first-order chi connectivity index (χ1) is 35.3. The summed E-state index contributed by atoms with van der Waals surface area (Å²) in [7, 11) is 0. The van der Waals surface area contributed by atoms with Gasteiger partial charge in [0.25, 0.3) is 0 Å². The van der Waals surface area contributed by atoms with Crippen LogP contribution in [-0.4, -0.2) is 68.6 Å². The van der Waals surface area contributed by atoms with Crippen LogP contribution in [-0.2, 0) is 33.4 Å². The smallest absolute Gasteiger partial charge is 0.317 e. The number of carbonyl (C=O) groups is 4. The molecule has 1 fully saturated rings. The molecule has 4 unspecified atom stereocenters. The number of hydrogen-bond acceptors (Lipinski definition) is 11. The van der Waals surface area contributed by atoms with Crippen LogP contribution >= 0.6 is 0 Å². The van der Waals surface area contributed by atoms with Crippen molar-refractivity contribution in [1.29, 1.82) is 0 Å². The Morgan fingerprint density at radius 1 is 0.521 bits per heavy atom. The van der Waals surface area contributed by atoms with E-state index in [1.54, 1.807) is 0 Å². The molecule has 1 aliphatic heterocycles. The minimum Gasteiger partial charge on any atom is -0.491 e. The highest BCUT2D eigenvalue weighted by atomic mass is 16.6. The Bertz CT molecular complexity index is 2320. The lowest BCUT2D eigenvalue weighted by molar-refractivity contribution is -0.161. The van der Waals surface area contributed by atoms with Crippen molar-refractivity contribution in [2.75, 3.05) is 39.6 Å². The van der Waals surface area contributed by atoms with Gasteiger partial charge in [0.2, 0.25) is 0 Å². The lowest BCUT2D eigenvalue weighted by Crippen LogP contribution is -2.35. The molecule has 0 amide bonds. The lowest BCUT2D eigenvalue weighted by atomic mass is 9.78. The molecule has 0 spiro atoms. The van der Waals surface area contributed by atoms with Crippen LogP contribution in [0.4, 0.5) is 0 Å². The summed E-state index contributed by atoms with van der Waals surface area (Å²) in [4.78, 5) is 49.4. The van der Waals surface area contributed by atoms with Crippen LogP contribution in [0.5, 0.6) is 17.2 Å². The molecule has 1 N–H and O–H groups in total. The zero-order valence-corrected chi connectivity index (χ0v) is 44.2. The minimum atomic E-state index is -0.586. The summed E-state index contributed by atoms with van der Waals surface area (Å²) in [5, 5.41) is 8.40. The number of aliphatic hydroxyl groups excluding tert-OH is 1. The van der Waals surface area contributed by atoms with E-state index in [1.165, 1.54) is 33.4 Å². The molecule has 11 heteroatoms. The molecule has 394 valence electrons. The second-order valence-corrected chi connectivity index (χ2v) is 19.1. The summed E-state index contributed by atoms with van der Waals surface area (Å²) < 4.78 is 32.2. The molecule has 2 aliphatic carbocycles. The maximum atomic E-state index is 13.2. The van der Waals surface area contributed by atoms with E-state index in [0.29, 0.717) is 38.0 Å². The number of para-hydroxylation sites is 3. The largest absolute Gasteiger partial charge is 0.491 e. The monoisotopic (exact) mass is 1000 g/mol. The van der Waals surface area contributed by atoms with Gasteiger partial charge in [-0.3, -0.25) is 19.2 Å². The number of esters is 4. The van der Waals surface area contributed by atoms with E-state index < -0.39 is 17.8 Å². The van der Waals surface area contributed by atoms with E-state index in [9.17, 15) is 19.2 Å². The number of ether oxygens (including phenoxy) is 6. The van der Waals surface area contributed by atoms with Gasteiger partial charge in [-0.05, 0) is 155 Å². The summed E-state index contributed by atoms with van der Waals surface area (Å²) in [6.07, 6.45) is 23.7. The Morgan fingerprint density at radius 2 is 0.945 bits per heavy atom. The number of rotatable bonds is 25. The highest BCUT2D eigenvalue weighted by molar-refractivity contribution is 5.97. The Kier molecular flexibility index (Phi) is 27.6. The Hall–Kier alpha value is -6.46. The van der Waals surface area contributed by atoms with Crippen molar-refractivity contribution >= 4 is 23.9 Å². The fraction of sp³-hybridized carbons (Fsp3) is 0.452. The number of cyclic esters (lactones) is 2. The summed E-state index contributed by atoms with van der Waals surface area (Å²) in [5.41, 5.74) is 7.97. The average molecular weight is 1000 g/mol. The normalized spacial score (nSPS) is 18.1. The van der Waals surface area contributed by atoms with Gasteiger partial charge in [0.05, 0.1) is 30.3 Å². The first-order valence-electron chi connectivity index (χ1n) is 26.0. The molecular weight excluding hydrogens is 921 g/mol. The first kappa shape index (κ1) is 59.1. The second-order valence-electron chi connectivity index (χ2n) is 19.1. The SMILES string of the molecule is CC(C)=CCC/C(C)=C/CCC1=CCC(C(=O)OCCOc2ccccc2)C(C(=O)OCCOc2ccccc2)C1.CC(C)=CCC/C(C)=C/CCC1=CCC2C(=O)OC(=O)C2C1.OCCOc1ccccc1. The number of carbonyl (C=O) groups excluding carboxylic acids is 4. The number of aliphatic hydroxyl groups is 1. The Labute approximate surface area is 435 Å². The van der Waals surface area contributed by atoms with Crippen LogP contribution < -0.4 is 14.2 Å². The molecule has 0 saturated carbocycles. The zero-order valence-electron chi connectivity index (χ0n) is 44.2. The van der Waals surface area contributed by atoms with Crippen molar-refractivity contribution in [1.82, 2.24) is 0 Å². The standard InChI is InChI=1S/C35H44O6.C19H26O3.C8H10O2/c1-27(2)12-10-13-28(3)14-11-15-29-20-21-32(34(36)40-24-22-38-30-16-6-4-7-17-30)33(26-29)35(37)41-25-23-39-31-18-8-5-9-19-31;1-13(2)6-4-7-14(3)8-5-9-15-10-11-16-17(12-15)19(21)22-18(16)20;9-6-7-10-8-4-2-1-3-5-8/h4-9,12,14,16-20,32-33H,10-11,13,15,21-26H2,1-3H3;6,8,10,16-17H,4-5,7,9,11-12H2,1-3H3;1-5,9H,6-7H2/b28-14+;14-8+;. The third kappa shape index (κ3) is 23.8. The molecule has 0 bridgehead atoms. The molecule has 3 aromatic carbocycles. The molecule has 73 heavy (non-hydrogen) atoms. The molecule has 3 aromatic rings. The summed E-state index contributed by atoms with van der Waals surface area (Å²) in [6, 6.07) is 28.2. The van der Waals surface area contributed by atoms with Crippen LogP contribution in [0.25, 0.3) is 0 Å². The zero-order chi connectivity index (χ0) is 52.6. The third-order valence-corrected chi connectivity index (χ3v) is 12.6. The van der Waals surface area contributed by atoms with Gasteiger partial charge in [-0.15, -0.1) is 0 Å². The topological polar surface area (TPSA) is 144 Å². The molecule has 11 nitrogen and oxygen atoms in total. The quantitative estimate of drug-likeness (QED) is 0.0285. The second kappa shape index (κ2) is 34.1. The molecule has 4 atom stereocenters. The van der Waals surface area contributed by atoms with Crippen molar-refractivity contribution in [3.8, 4) is 17.2 Å².